The minimum atomic E-state index is -0.685. The Hall–Kier alpha value is -2.31. The molecule has 2 aromatic rings. The van der Waals surface area contributed by atoms with E-state index in [-0.39, 0.29) is 11.5 Å². The van der Waals surface area contributed by atoms with Gasteiger partial charge in [0.25, 0.3) is 0 Å². The molecule has 7 heteroatoms. The van der Waals surface area contributed by atoms with Gasteiger partial charge in [-0.25, -0.2) is 8.78 Å². The van der Waals surface area contributed by atoms with Crippen LogP contribution in [0.2, 0.25) is 0 Å². The lowest BCUT2D eigenvalue weighted by molar-refractivity contribution is 0.590. The van der Waals surface area contributed by atoms with E-state index in [1.807, 2.05) is 0 Å². The maximum atomic E-state index is 13.5. The van der Waals surface area contributed by atoms with Gasteiger partial charge in [-0.15, -0.1) is 5.10 Å². The highest BCUT2D eigenvalue weighted by Gasteiger charge is 2.22. The number of nitrogens with zero attached hydrogens (tertiary/aromatic N) is 3. The Bertz CT molecular complexity index is 580. The van der Waals surface area contributed by atoms with Crippen LogP contribution < -0.4 is 10.6 Å². The van der Waals surface area contributed by atoms with E-state index in [1.165, 1.54) is 24.4 Å². The van der Waals surface area contributed by atoms with E-state index in [0.29, 0.717) is 12.0 Å². The number of anilines is 3. The number of rotatable bonds is 4. The van der Waals surface area contributed by atoms with E-state index in [1.54, 1.807) is 0 Å². The van der Waals surface area contributed by atoms with Gasteiger partial charge in [0, 0.05) is 6.04 Å². The Balaban J connectivity index is 1.82. The van der Waals surface area contributed by atoms with Crippen LogP contribution in [0.3, 0.4) is 0 Å². The Kier molecular flexibility index (Phi) is 2.94. The summed E-state index contributed by atoms with van der Waals surface area (Å²) < 4.78 is 26.9. The highest BCUT2D eigenvalue weighted by atomic mass is 19.1. The number of halogens is 2. The van der Waals surface area contributed by atoms with Crippen LogP contribution in [0.5, 0.6) is 0 Å². The van der Waals surface area contributed by atoms with Gasteiger partial charge in [-0.05, 0) is 25.0 Å². The molecule has 0 saturated heterocycles. The highest BCUT2D eigenvalue weighted by Crippen LogP contribution is 2.24. The number of benzene rings is 1. The maximum Gasteiger partial charge on any atom is 0.244 e. The quantitative estimate of drug-likeness (QED) is 0.887. The molecule has 0 amide bonds. The first-order valence-corrected chi connectivity index (χ1v) is 5.89. The van der Waals surface area contributed by atoms with Crippen molar-refractivity contribution in [1.29, 1.82) is 0 Å². The number of hydrogen-bond donors (Lipinski definition) is 2. The molecule has 1 aromatic heterocycles. The first kappa shape index (κ1) is 11.8. The normalized spacial score (nSPS) is 14.2. The van der Waals surface area contributed by atoms with Crippen LogP contribution >= 0.6 is 0 Å². The summed E-state index contributed by atoms with van der Waals surface area (Å²) in [5.74, 6) is -0.781. The van der Waals surface area contributed by atoms with Crippen molar-refractivity contribution in [3.63, 3.8) is 0 Å². The second-order valence-electron chi connectivity index (χ2n) is 4.31. The third kappa shape index (κ3) is 2.75. The van der Waals surface area contributed by atoms with Gasteiger partial charge in [0.2, 0.25) is 5.95 Å². The predicted molar refractivity (Wildman–Crippen MR) is 66.1 cm³/mol. The van der Waals surface area contributed by atoms with Gasteiger partial charge in [-0.1, -0.05) is 6.07 Å². The smallest absolute Gasteiger partial charge is 0.244 e. The van der Waals surface area contributed by atoms with Crippen molar-refractivity contribution in [1.82, 2.24) is 15.2 Å². The Morgan fingerprint density at radius 3 is 2.58 bits per heavy atom. The third-order valence-corrected chi connectivity index (χ3v) is 2.69. The fourth-order valence-electron chi connectivity index (χ4n) is 1.58. The molecule has 1 saturated carbocycles. The van der Waals surface area contributed by atoms with E-state index >= 15 is 0 Å². The first-order valence-electron chi connectivity index (χ1n) is 5.89. The van der Waals surface area contributed by atoms with Crippen molar-refractivity contribution in [2.24, 2.45) is 0 Å². The Morgan fingerprint density at radius 2 is 1.89 bits per heavy atom. The minimum absolute atomic E-state index is 0.238. The van der Waals surface area contributed by atoms with E-state index in [4.69, 9.17) is 0 Å². The summed E-state index contributed by atoms with van der Waals surface area (Å²) in [6.07, 6.45) is 3.45. The first-order chi connectivity index (χ1) is 9.22. The SMILES string of the molecule is Fc1cccc(F)c1Nc1cnnc(NC2CC2)n1. The zero-order chi connectivity index (χ0) is 13.2. The number of nitrogens with one attached hydrogen (secondary N) is 2. The van der Waals surface area contributed by atoms with Crippen molar-refractivity contribution in [2.45, 2.75) is 18.9 Å². The number of para-hydroxylation sites is 1. The molecule has 1 heterocycles. The van der Waals surface area contributed by atoms with E-state index in [0.717, 1.165) is 12.8 Å². The summed E-state index contributed by atoms with van der Waals surface area (Å²) in [5.41, 5.74) is -0.250. The average Bonchev–Trinajstić information content (AvgIpc) is 3.18. The molecule has 98 valence electrons. The predicted octanol–water partition coefficient (Wildman–Crippen LogP) is 2.47. The molecule has 0 bridgehead atoms. The molecule has 5 nitrogen and oxygen atoms in total. The van der Waals surface area contributed by atoms with Crippen LogP contribution in [-0.2, 0) is 0 Å². The molecule has 1 aliphatic rings. The number of aromatic nitrogens is 3. The molecular formula is C12H11F2N5. The molecule has 0 unspecified atom stereocenters. The van der Waals surface area contributed by atoms with Gasteiger partial charge >= 0.3 is 0 Å². The molecule has 0 aliphatic heterocycles. The van der Waals surface area contributed by atoms with E-state index in [9.17, 15) is 8.78 Å². The minimum Gasteiger partial charge on any atom is -0.350 e. The van der Waals surface area contributed by atoms with Crippen LogP contribution in [0.25, 0.3) is 0 Å². The summed E-state index contributed by atoms with van der Waals surface area (Å²) >= 11 is 0. The monoisotopic (exact) mass is 263 g/mol. The summed E-state index contributed by atoms with van der Waals surface area (Å²) in [5, 5.41) is 13.2. The topological polar surface area (TPSA) is 62.7 Å². The van der Waals surface area contributed by atoms with Crippen LogP contribution in [-0.4, -0.2) is 21.2 Å². The lowest BCUT2D eigenvalue weighted by atomic mass is 10.3. The molecule has 1 aromatic carbocycles. The molecule has 19 heavy (non-hydrogen) atoms. The van der Waals surface area contributed by atoms with E-state index in [2.05, 4.69) is 25.8 Å². The van der Waals surface area contributed by atoms with Crippen molar-refractivity contribution in [3.05, 3.63) is 36.0 Å². The highest BCUT2D eigenvalue weighted by molar-refractivity contribution is 5.57. The molecule has 0 atom stereocenters. The summed E-state index contributed by atoms with van der Waals surface area (Å²) in [4.78, 5) is 4.10. The Morgan fingerprint density at radius 1 is 1.16 bits per heavy atom. The van der Waals surface area contributed by atoms with Crippen LogP contribution in [0.15, 0.2) is 24.4 Å². The molecule has 3 rings (SSSR count). The molecule has 0 spiro atoms. The molecule has 0 radical (unpaired) electrons. The van der Waals surface area contributed by atoms with Gasteiger partial charge in [0.15, 0.2) is 5.82 Å². The lowest BCUT2D eigenvalue weighted by Crippen LogP contribution is -2.08. The van der Waals surface area contributed by atoms with Gasteiger partial charge in [-0.2, -0.15) is 10.1 Å². The Labute approximate surface area is 108 Å². The van der Waals surface area contributed by atoms with Gasteiger partial charge in [0.1, 0.15) is 17.3 Å². The number of hydrogen-bond acceptors (Lipinski definition) is 5. The van der Waals surface area contributed by atoms with Crippen molar-refractivity contribution >= 4 is 17.5 Å². The van der Waals surface area contributed by atoms with Gasteiger partial charge in [-0.3, -0.25) is 0 Å². The average molecular weight is 263 g/mol. The molecule has 1 aliphatic carbocycles. The fraction of sp³-hybridized carbons (Fsp3) is 0.250. The van der Waals surface area contributed by atoms with Crippen LogP contribution in [0.4, 0.5) is 26.2 Å². The molecule has 1 fully saturated rings. The van der Waals surface area contributed by atoms with Crippen molar-refractivity contribution in [3.8, 4) is 0 Å². The largest absolute Gasteiger partial charge is 0.350 e. The summed E-state index contributed by atoms with van der Waals surface area (Å²) in [6.45, 7) is 0. The van der Waals surface area contributed by atoms with Crippen LogP contribution in [0, 0.1) is 11.6 Å². The maximum absolute atomic E-state index is 13.5. The summed E-state index contributed by atoms with van der Waals surface area (Å²) in [7, 11) is 0. The van der Waals surface area contributed by atoms with Gasteiger partial charge < -0.3 is 10.6 Å². The zero-order valence-corrected chi connectivity index (χ0v) is 9.90. The lowest BCUT2D eigenvalue weighted by Gasteiger charge is -2.08. The summed E-state index contributed by atoms with van der Waals surface area (Å²) in [6, 6.07) is 4.02. The standard InChI is InChI=1S/C12H11F2N5/c13-8-2-1-3-9(14)11(8)17-10-6-15-19-12(18-10)16-7-4-5-7/h1-3,6-7H,4-5H2,(H2,16,17,18,19). The third-order valence-electron chi connectivity index (χ3n) is 2.69. The van der Waals surface area contributed by atoms with Crippen molar-refractivity contribution < 1.29 is 8.78 Å². The van der Waals surface area contributed by atoms with Crippen molar-refractivity contribution in [2.75, 3.05) is 10.6 Å². The van der Waals surface area contributed by atoms with Gasteiger partial charge in [0.05, 0.1) is 6.20 Å². The fourth-order valence-corrected chi connectivity index (χ4v) is 1.58. The molecular weight excluding hydrogens is 252 g/mol. The van der Waals surface area contributed by atoms with Crippen LogP contribution in [0.1, 0.15) is 12.8 Å². The van der Waals surface area contributed by atoms with E-state index < -0.39 is 11.6 Å². The molecule has 2 N–H and O–H groups in total. The second-order valence-corrected chi connectivity index (χ2v) is 4.31. The second kappa shape index (κ2) is 4.75. The zero-order valence-electron chi connectivity index (χ0n) is 9.90.